The Hall–Kier alpha value is -0.610. The van der Waals surface area contributed by atoms with Crippen LogP contribution in [0.4, 0.5) is 0 Å². The molecule has 112 valence electrons. The van der Waals surface area contributed by atoms with E-state index in [1.165, 1.54) is 25.9 Å². The third-order valence-electron chi connectivity index (χ3n) is 3.97. The summed E-state index contributed by atoms with van der Waals surface area (Å²) >= 11 is 0. The van der Waals surface area contributed by atoms with E-state index in [1.807, 2.05) is 13.8 Å². The van der Waals surface area contributed by atoms with Gasteiger partial charge in [-0.3, -0.25) is 10.1 Å². The first kappa shape index (κ1) is 16.4. The molecule has 2 unspecified atom stereocenters. The van der Waals surface area contributed by atoms with Gasteiger partial charge in [-0.05, 0) is 65.5 Å². The summed E-state index contributed by atoms with van der Waals surface area (Å²) in [6, 6.07) is 0.191. The Labute approximate surface area is 117 Å². The number of carboxylic acids is 1. The standard InChI is InChI=1S/C15H30N2O2/c1-12(2)16-15(4,14(18)19)8-6-10-17-9-5-7-13(3)11-17/h12-13,16H,5-11H2,1-4H3,(H,18,19). The maximum absolute atomic E-state index is 11.4. The number of carbonyl (C=O) groups is 1. The number of hydrogen-bond acceptors (Lipinski definition) is 3. The van der Waals surface area contributed by atoms with Gasteiger partial charge in [0.1, 0.15) is 5.54 Å². The van der Waals surface area contributed by atoms with Crippen molar-refractivity contribution >= 4 is 5.97 Å². The molecule has 0 aromatic carbocycles. The van der Waals surface area contributed by atoms with Crippen molar-refractivity contribution in [2.24, 2.45) is 5.92 Å². The van der Waals surface area contributed by atoms with Crippen LogP contribution >= 0.6 is 0 Å². The van der Waals surface area contributed by atoms with Gasteiger partial charge in [-0.25, -0.2) is 0 Å². The summed E-state index contributed by atoms with van der Waals surface area (Å²) in [5.74, 6) is 0.0432. The molecule has 0 amide bonds. The summed E-state index contributed by atoms with van der Waals surface area (Å²) in [4.78, 5) is 13.9. The fourth-order valence-electron chi connectivity index (χ4n) is 3.02. The first-order valence-corrected chi connectivity index (χ1v) is 7.57. The van der Waals surface area contributed by atoms with Crippen molar-refractivity contribution in [3.8, 4) is 0 Å². The summed E-state index contributed by atoms with van der Waals surface area (Å²) in [6.45, 7) is 11.4. The Bertz CT molecular complexity index is 294. The van der Waals surface area contributed by atoms with Gasteiger partial charge in [0.05, 0.1) is 0 Å². The summed E-state index contributed by atoms with van der Waals surface area (Å²) in [7, 11) is 0. The molecule has 1 aliphatic heterocycles. The van der Waals surface area contributed by atoms with Crippen LogP contribution < -0.4 is 5.32 Å². The zero-order valence-corrected chi connectivity index (χ0v) is 12.9. The molecule has 2 N–H and O–H groups in total. The topological polar surface area (TPSA) is 52.6 Å². The smallest absolute Gasteiger partial charge is 0.323 e. The Morgan fingerprint density at radius 3 is 2.74 bits per heavy atom. The molecule has 1 saturated heterocycles. The molecule has 0 aromatic heterocycles. The van der Waals surface area contributed by atoms with E-state index in [1.54, 1.807) is 6.92 Å². The van der Waals surface area contributed by atoms with E-state index in [-0.39, 0.29) is 6.04 Å². The fourth-order valence-corrected chi connectivity index (χ4v) is 3.02. The SMILES string of the molecule is CC1CCCN(CCCC(C)(NC(C)C)C(=O)O)C1. The lowest BCUT2D eigenvalue weighted by atomic mass is 9.94. The number of rotatable bonds is 7. The zero-order chi connectivity index (χ0) is 14.5. The highest BCUT2D eigenvalue weighted by atomic mass is 16.4. The van der Waals surface area contributed by atoms with Crippen molar-refractivity contribution in [2.75, 3.05) is 19.6 Å². The number of nitrogens with zero attached hydrogens (tertiary/aromatic N) is 1. The summed E-state index contributed by atoms with van der Waals surface area (Å²) < 4.78 is 0. The van der Waals surface area contributed by atoms with Gasteiger partial charge in [0.25, 0.3) is 0 Å². The molecule has 1 aliphatic rings. The molecule has 0 radical (unpaired) electrons. The highest BCUT2D eigenvalue weighted by Crippen LogP contribution is 2.18. The quantitative estimate of drug-likeness (QED) is 0.745. The molecular formula is C15H30N2O2. The number of aliphatic carboxylic acids is 1. The highest BCUT2D eigenvalue weighted by Gasteiger charge is 2.33. The maximum Gasteiger partial charge on any atom is 0.323 e. The molecule has 1 heterocycles. The average Bonchev–Trinajstić information content (AvgIpc) is 2.27. The minimum Gasteiger partial charge on any atom is -0.480 e. The summed E-state index contributed by atoms with van der Waals surface area (Å²) in [5, 5.41) is 12.6. The van der Waals surface area contributed by atoms with Crippen LogP contribution in [0.3, 0.4) is 0 Å². The van der Waals surface area contributed by atoms with Crippen LogP contribution in [0.2, 0.25) is 0 Å². The van der Waals surface area contributed by atoms with E-state index in [0.717, 1.165) is 18.9 Å². The van der Waals surface area contributed by atoms with Gasteiger partial charge < -0.3 is 10.0 Å². The van der Waals surface area contributed by atoms with Crippen LogP contribution in [0.1, 0.15) is 53.4 Å². The van der Waals surface area contributed by atoms with Gasteiger partial charge >= 0.3 is 5.97 Å². The molecule has 0 saturated carbocycles. The normalized spacial score (nSPS) is 24.4. The molecule has 1 rings (SSSR count). The second-order valence-corrected chi connectivity index (χ2v) is 6.59. The van der Waals surface area contributed by atoms with Crippen molar-refractivity contribution in [1.29, 1.82) is 0 Å². The van der Waals surface area contributed by atoms with Gasteiger partial charge in [-0.2, -0.15) is 0 Å². The van der Waals surface area contributed by atoms with E-state index in [0.29, 0.717) is 6.42 Å². The number of piperidine rings is 1. The average molecular weight is 270 g/mol. The second-order valence-electron chi connectivity index (χ2n) is 6.59. The van der Waals surface area contributed by atoms with Crippen LogP contribution in [0.15, 0.2) is 0 Å². The highest BCUT2D eigenvalue weighted by molar-refractivity contribution is 5.78. The van der Waals surface area contributed by atoms with E-state index in [9.17, 15) is 9.90 Å². The van der Waals surface area contributed by atoms with Gasteiger partial charge in [0, 0.05) is 12.6 Å². The molecule has 0 aromatic rings. The Morgan fingerprint density at radius 2 is 2.21 bits per heavy atom. The van der Waals surface area contributed by atoms with E-state index in [2.05, 4.69) is 17.1 Å². The van der Waals surface area contributed by atoms with E-state index >= 15 is 0 Å². The predicted molar refractivity (Wildman–Crippen MR) is 78.4 cm³/mol. The lowest BCUT2D eigenvalue weighted by molar-refractivity contribution is -0.144. The van der Waals surface area contributed by atoms with Gasteiger partial charge in [0.2, 0.25) is 0 Å². The molecular weight excluding hydrogens is 240 g/mol. The van der Waals surface area contributed by atoms with Crippen LogP contribution in [0.25, 0.3) is 0 Å². The van der Waals surface area contributed by atoms with Gasteiger partial charge in [-0.1, -0.05) is 6.92 Å². The molecule has 2 atom stereocenters. The summed E-state index contributed by atoms with van der Waals surface area (Å²) in [5.41, 5.74) is -0.796. The molecule has 0 bridgehead atoms. The molecule has 1 fully saturated rings. The minimum atomic E-state index is -0.796. The van der Waals surface area contributed by atoms with Crippen molar-refractivity contribution in [1.82, 2.24) is 10.2 Å². The fraction of sp³-hybridized carbons (Fsp3) is 0.933. The van der Waals surface area contributed by atoms with Crippen LogP contribution in [0.5, 0.6) is 0 Å². The Balaban J connectivity index is 2.37. The maximum atomic E-state index is 11.4. The number of carboxylic acid groups (broad SMARTS) is 1. The Kier molecular flexibility index (Phi) is 6.27. The number of likely N-dealkylation sites (tertiary alicyclic amines) is 1. The third kappa shape index (κ3) is 5.49. The second kappa shape index (κ2) is 7.25. The first-order chi connectivity index (χ1) is 8.83. The number of nitrogens with one attached hydrogen (secondary N) is 1. The van der Waals surface area contributed by atoms with Crippen molar-refractivity contribution in [2.45, 2.75) is 65.0 Å². The van der Waals surface area contributed by atoms with Crippen molar-refractivity contribution in [3.63, 3.8) is 0 Å². The van der Waals surface area contributed by atoms with Crippen molar-refractivity contribution in [3.05, 3.63) is 0 Å². The van der Waals surface area contributed by atoms with E-state index < -0.39 is 11.5 Å². The first-order valence-electron chi connectivity index (χ1n) is 7.57. The largest absolute Gasteiger partial charge is 0.480 e. The zero-order valence-electron chi connectivity index (χ0n) is 12.9. The minimum absolute atomic E-state index is 0.191. The molecule has 19 heavy (non-hydrogen) atoms. The predicted octanol–water partition coefficient (Wildman–Crippen LogP) is 2.34. The lowest BCUT2D eigenvalue weighted by Gasteiger charge is -2.33. The Morgan fingerprint density at radius 1 is 1.53 bits per heavy atom. The number of hydrogen-bond donors (Lipinski definition) is 2. The van der Waals surface area contributed by atoms with Gasteiger partial charge in [-0.15, -0.1) is 0 Å². The molecule has 4 heteroatoms. The molecule has 0 spiro atoms. The molecule has 4 nitrogen and oxygen atoms in total. The lowest BCUT2D eigenvalue weighted by Crippen LogP contribution is -2.52. The van der Waals surface area contributed by atoms with Crippen LogP contribution in [0, 0.1) is 5.92 Å². The molecule has 0 aliphatic carbocycles. The van der Waals surface area contributed by atoms with Gasteiger partial charge in [0.15, 0.2) is 0 Å². The van der Waals surface area contributed by atoms with Crippen LogP contribution in [-0.2, 0) is 4.79 Å². The summed E-state index contributed by atoms with van der Waals surface area (Å²) in [6.07, 6.45) is 4.24. The monoisotopic (exact) mass is 270 g/mol. The third-order valence-corrected chi connectivity index (χ3v) is 3.97. The van der Waals surface area contributed by atoms with Crippen LogP contribution in [-0.4, -0.2) is 47.2 Å². The van der Waals surface area contributed by atoms with E-state index in [4.69, 9.17) is 0 Å². The van der Waals surface area contributed by atoms with Crippen molar-refractivity contribution < 1.29 is 9.90 Å².